The minimum Gasteiger partial charge on any atom is -0.330 e. The first kappa shape index (κ1) is 12.2. The van der Waals surface area contributed by atoms with Crippen LogP contribution >= 0.6 is 46.4 Å². The summed E-state index contributed by atoms with van der Waals surface area (Å²) in [5.74, 6) is 0. The third kappa shape index (κ3) is 1.98. The maximum Gasteiger partial charge on any atom is 0.182 e. The number of nitrogens with one attached hydrogen (secondary N) is 1. The normalized spacial score (nSPS) is 11.0. The molecule has 0 saturated heterocycles. The van der Waals surface area contributed by atoms with Crippen molar-refractivity contribution in [2.24, 2.45) is 0 Å². The van der Waals surface area contributed by atoms with Gasteiger partial charge in [0, 0.05) is 3.57 Å². The lowest BCUT2D eigenvalue weighted by Gasteiger charge is -2.07. The number of hydrogen-bond acceptors (Lipinski definition) is 1. The number of H-pyrrole nitrogens is 1. The van der Waals surface area contributed by atoms with Crippen LogP contribution in [0.25, 0.3) is 16.7 Å². The van der Waals surface area contributed by atoms with Crippen molar-refractivity contribution in [2.75, 3.05) is 0 Å². The third-order valence-electron chi connectivity index (χ3n) is 2.74. The molecule has 1 N–H and O–H groups in total. The second kappa shape index (κ2) is 4.68. The fraction of sp³-hybridized carbons (Fsp3) is 0. The molecule has 0 fully saturated rings. The number of aromatic nitrogens is 2. The summed E-state index contributed by atoms with van der Waals surface area (Å²) in [6.45, 7) is 0. The van der Waals surface area contributed by atoms with Crippen molar-refractivity contribution in [1.82, 2.24) is 9.55 Å². The minimum atomic E-state index is 0.652. The predicted molar refractivity (Wildman–Crippen MR) is 86.2 cm³/mol. The van der Waals surface area contributed by atoms with Crippen LogP contribution in [-0.4, -0.2) is 9.55 Å². The highest BCUT2D eigenvalue weighted by Gasteiger charge is 2.09. The van der Waals surface area contributed by atoms with Gasteiger partial charge in [0.25, 0.3) is 0 Å². The topological polar surface area (TPSA) is 20.7 Å². The van der Waals surface area contributed by atoms with Crippen LogP contribution in [0.5, 0.6) is 0 Å². The molecule has 0 aliphatic rings. The Morgan fingerprint density at radius 1 is 1.17 bits per heavy atom. The molecule has 5 heteroatoms. The van der Waals surface area contributed by atoms with Crippen LogP contribution in [0, 0.1) is 8.34 Å². The second-order valence-corrected chi connectivity index (χ2v) is 5.92. The summed E-state index contributed by atoms with van der Waals surface area (Å²) in [6.07, 6.45) is 0. The number of fused-ring (bicyclic) bond motifs is 1. The van der Waals surface area contributed by atoms with E-state index in [2.05, 4.69) is 27.6 Å². The van der Waals surface area contributed by atoms with Gasteiger partial charge in [0.15, 0.2) is 4.77 Å². The highest BCUT2D eigenvalue weighted by atomic mass is 127. The number of halogens is 2. The lowest BCUT2D eigenvalue weighted by atomic mass is 10.3. The third-order valence-corrected chi connectivity index (χ3v) is 4.00. The Morgan fingerprint density at radius 2 is 1.94 bits per heavy atom. The molecular formula is C13H8ClIN2S. The average molecular weight is 387 g/mol. The van der Waals surface area contributed by atoms with Crippen LogP contribution < -0.4 is 0 Å². The Hall–Kier alpha value is -0.850. The summed E-state index contributed by atoms with van der Waals surface area (Å²) in [4.78, 5) is 3.18. The van der Waals surface area contributed by atoms with E-state index >= 15 is 0 Å². The van der Waals surface area contributed by atoms with Crippen LogP contribution in [0.15, 0.2) is 42.5 Å². The number of hydrogen-bond donors (Lipinski definition) is 1. The van der Waals surface area contributed by atoms with Crippen LogP contribution in [0.1, 0.15) is 0 Å². The van der Waals surface area contributed by atoms with Gasteiger partial charge in [-0.05, 0) is 65.1 Å². The molecule has 0 spiro atoms. The number of imidazole rings is 1. The van der Waals surface area contributed by atoms with Gasteiger partial charge in [0.2, 0.25) is 0 Å². The highest BCUT2D eigenvalue weighted by Crippen LogP contribution is 2.26. The van der Waals surface area contributed by atoms with Crippen molar-refractivity contribution < 1.29 is 0 Å². The number of benzene rings is 2. The summed E-state index contributed by atoms with van der Waals surface area (Å²) in [6, 6.07) is 13.9. The van der Waals surface area contributed by atoms with Crippen molar-refractivity contribution >= 4 is 57.4 Å². The molecule has 1 heterocycles. The number of aromatic amines is 1. The van der Waals surface area contributed by atoms with Crippen LogP contribution in [0.4, 0.5) is 0 Å². The largest absolute Gasteiger partial charge is 0.330 e. The fourth-order valence-electron chi connectivity index (χ4n) is 1.96. The standard InChI is InChI=1S/C13H8ClIN2S/c14-9-7-8(15)5-6-11(9)17-12-4-2-1-3-10(12)16-13(17)18/h1-7H,(H,16,18). The van der Waals surface area contributed by atoms with Gasteiger partial charge in [-0.15, -0.1) is 0 Å². The van der Waals surface area contributed by atoms with E-state index < -0.39 is 0 Å². The second-order valence-electron chi connectivity index (χ2n) is 3.88. The van der Waals surface area contributed by atoms with E-state index in [1.807, 2.05) is 47.0 Å². The van der Waals surface area contributed by atoms with Gasteiger partial charge in [0.05, 0.1) is 21.7 Å². The molecule has 90 valence electrons. The summed E-state index contributed by atoms with van der Waals surface area (Å²) in [7, 11) is 0. The first-order valence-corrected chi connectivity index (χ1v) is 7.18. The van der Waals surface area contributed by atoms with Gasteiger partial charge in [-0.25, -0.2) is 0 Å². The molecule has 2 aromatic carbocycles. The number of nitrogens with zero attached hydrogens (tertiary/aromatic N) is 1. The molecule has 1 aromatic heterocycles. The maximum absolute atomic E-state index is 6.31. The summed E-state index contributed by atoms with van der Waals surface area (Å²) in [5.41, 5.74) is 2.95. The summed E-state index contributed by atoms with van der Waals surface area (Å²) in [5, 5.41) is 0.697. The Kier molecular flexibility index (Phi) is 3.17. The molecule has 2 nitrogen and oxygen atoms in total. The Balaban J connectivity index is 2.38. The molecule has 0 atom stereocenters. The Bertz CT molecular complexity index is 791. The van der Waals surface area contributed by atoms with E-state index in [1.54, 1.807) is 0 Å². The van der Waals surface area contributed by atoms with Crippen LogP contribution in [-0.2, 0) is 0 Å². The lowest BCUT2D eigenvalue weighted by Crippen LogP contribution is -1.95. The molecular weight excluding hydrogens is 379 g/mol. The molecule has 0 saturated carbocycles. The number of para-hydroxylation sites is 2. The van der Waals surface area contributed by atoms with Gasteiger partial charge in [0.1, 0.15) is 0 Å². The Labute approximate surface area is 128 Å². The molecule has 0 radical (unpaired) electrons. The lowest BCUT2D eigenvalue weighted by molar-refractivity contribution is 1.06. The van der Waals surface area contributed by atoms with Gasteiger partial charge in [-0.2, -0.15) is 0 Å². The average Bonchev–Trinajstić information content (AvgIpc) is 2.66. The predicted octanol–water partition coefficient (Wildman–Crippen LogP) is 4.95. The molecule has 0 unspecified atom stereocenters. The molecule has 0 bridgehead atoms. The SMILES string of the molecule is S=c1[nH]c2ccccc2n1-c1ccc(I)cc1Cl. The van der Waals surface area contributed by atoms with E-state index in [1.165, 1.54) is 0 Å². The zero-order valence-corrected chi connectivity index (χ0v) is 12.9. The molecule has 3 aromatic rings. The van der Waals surface area contributed by atoms with Crippen molar-refractivity contribution in [2.45, 2.75) is 0 Å². The van der Waals surface area contributed by atoms with Crippen molar-refractivity contribution in [3.63, 3.8) is 0 Å². The van der Waals surface area contributed by atoms with E-state index in [9.17, 15) is 0 Å². The zero-order valence-electron chi connectivity index (χ0n) is 9.15. The van der Waals surface area contributed by atoms with Gasteiger partial charge in [-0.1, -0.05) is 23.7 Å². The smallest absolute Gasteiger partial charge is 0.182 e. The van der Waals surface area contributed by atoms with E-state index in [0.717, 1.165) is 20.3 Å². The maximum atomic E-state index is 6.31. The van der Waals surface area contributed by atoms with Crippen molar-refractivity contribution in [1.29, 1.82) is 0 Å². The summed E-state index contributed by atoms with van der Waals surface area (Å²) >= 11 is 13.9. The molecule has 0 amide bonds. The van der Waals surface area contributed by atoms with Gasteiger partial charge >= 0.3 is 0 Å². The Morgan fingerprint density at radius 3 is 2.72 bits per heavy atom. The fourth-order valence-corrected chi connectivity index (χ4v) is 3.20. The molecule has 18 heavy (non-hydrogen) atoms. The minimum absolute atomic E-state index is 0.652. The zero-order chi connectivity index (χ0) is 12.7. The van der Waals surface area contributed by atoms with Crippen molar-refractivity contribution in [3.05, 3.63) is 55.8 Å². The molecule has 0 aliphatic heterocycles. The van der Waals surface area contributed by atoms with E-state index in [0.29, 0.717) is 9.79 Å². The van der Waals surface area contributed by atoms with Crippen LogP contribution in [0.2, 0.25) is 5.02 Å². The van der Waals surface area contributed by atoms with Gasteiger partial charge < -0.3 is 4.98 Å². The number of rotatable bonds is 1. The molecule has 3 rings (SSSR count). The monoisotopic (exact) mass is 386 g/mol. The van der Waals surface area contributed by atoms with Crippen LogP contribution in [0.3, 0.4) is 0 Å². The van der Waals surface area contributed by atoms with Crippen molar-refractivity contribution in [3.8, 4) is 5.69 Å². The van der Waals surface area contributed by atoms with E-state index in [4.69, 9.17) is 23.8 Å². The summed E-state index contributed by atoms with van der Waals surface area (Å²) < 4.78 is 3.72. The van der Waals surface area contributed by atoms with E-state index in [-0.39, 0.29) is 0 Å². The first-order chi connectivity index (χ1) is 8.66. The molecule has 0 aliphatic carbocycles. The first-order valence-electron chi connectivity index (χ1n) is 5.32. The highest BCUT2D eigenvalue weighted by molar-refractivity contribution is 14.1. The quantitative estimate of drug-likeness (QED) is 0.464. The van der Waals surface area contributed by atoms with Gasteiger partial charge in [-0.3, -0.25) is 4.57 Å².